The van der Waals surface area contributed by atoms with E-state index in [1.165, 1.54) is 24.2 Å². The van der Waals surface area contributed by atoms with Gasteiger partial charge in [-0.05, 0) is 38.9 Å². The van der Waals surface area contributed by atoms with Crippen LogP contribution in [0.25, 0.3) is 0 Å². The van der Waals surface area contributed by atoms with Crippen LogP contribution in [0.15, 0.2) is 18.3 Å². The SMILES string of the molecule is CCN(CC)C(C)c1cccnc1N1CCCC1. The summed E-state index contributed by atoms with van der Waals surface area (Å²) in [5, 5.41) is 0. The molecule has 0 saturated carbocycles. The predicted octanol–water partition coefficient (Wildman–Crippen LogP) is 3.08. The fourth-order valence-electron chi connectivity index (χ4n) is 2.90. The molecule has 0 aliphatic carbocycles. The van der Waals surface area contributed by atoms with Crippen LogP contribution in [-0.2, 0) is 0 Å². The first-order valence-corrected chi connectivity index (χ1v) is 7.21. The van der Waals surface area contributed by atoms with Crippen molar-refractivity contribution >= 4 is 5.82 Å². The Balaban J connectivity index is 2.26. The molecule has 1 aliphatic heterocycles. The second kappa shape index (κ2) is 6.19. The fourth-order valence-corrected chi connectivity index (χ4v) is 2.90. The van der Waals surface area contributed by atoms with Gasteiger partial charge in [-0.2, -0.15) is 0 Å². The summed E-state index contributed by atoms with van der Waals surface area (Å²) >= 11 is 0. The van der Waals surface area contributed by atoms with Gasteiger partial charge in [0.1, 0.15) is 5.82 Å². The average molecular weight is 247 g/mol. The zero-order chi connectivity index (χ0) is 13.0. The van der Waals surface area contributed by atoms with Crippen molar-refractivity contribution in [1.29, 1.82) is 0 Å². The van der Waals surface area contributed by atoms with E-state index < -0.39 is 0 Å². The van der Waals surface area contributed by atoms with Crippen LogP contribution in [0.4, 0.5) is 5.82 Å². The summed E-state index contributed by atoms with van der Waals surface area (Å²) in [6.07, 6.45) is 4.53. The molecule has 100 valence electrons. The minimum atomic E-state index is 0.448. The third kappa shape index (κ3) is 2.66. The quantitative estimate of drug-likeness (QED) is 0.797. The van der Waals surface area contributed by atoms with Crippen molar-refractivity contribution in [2.75, 3.05) is 31.1 Å². The molecule has 0 aromatic carbocycles. The molecule has 0 N–H and O–H groups in total. The fraction of sp³-hybridized carbons (Fsp3) is 0.667. The van der Waals surface area contributed by atoms with Gasteiger partial charge in [0, 0.05) is 30.9 Å². The number of pyridine rings is 1. The molecule has 3 nitrogen and oxygen atoms in total. The van der Waals surface area contributed by atoms with Crippen LogP contribution in [0.2, 0.25) is 0 Å². The molecular formula is C15H25N3. The number of aromatic nitrogens is 1. The minimum absolute atomic E-state index is 0.448. The van der Waals surface area contributed by atoms with Crippen LogP contribution in [0.1, 0.15) is 45.2 Å². The van der Waals surface area contributed by atoms with Gasteiger partial charge in [-0.15, -0.1) is 0 Å². The summed E-state index contributed by atoms with van der Waals surface area (Å²) in [6.45, 7) is 11.3. The summed E-state index contributed by atoms with van der Waals surface area (Å²) in [6, 6.07) is 4.75. The molecule has 1 aromatic rings. The standard InChI is InChI=1S/C15H25N3/c1-4-17(5-2)13(3)14-9-8-10-16-15(14)18-11-6-7-12-18/h8-10,13H,4-7,11-12H2,1-3H3. The third-order valence-electron chi connectivity index (χ3n) is 4.03. The van der Waals surface area contributed by atoms with E-state index in [1.54, 1.807) is 0 Å². The van der Waals surface area contributed by atoms with Crippen LogP contribution in [0, 0.1) is 0 Å². The van der Waals surface area contributed by atoms with Gasteiger partial charge < -0.3 is 4.90 Å². The zero-order valence-corrected chi connectivity index (χ0v) is 11.9. The molecule has 0 amide bonds. The highest BCUT2D eigenvalue weighted by Gasteiger charge is 2.21. The lowest BCUT2D eigenvalue weighted by Gasteiger charge is -2.30. The Kier molecular flexibility index (Phi) is 4.59. The lowest BCUT2D eigenvalue weighted by atomic mass is 10.1. The Labute approximate surface area is 111 Å². The van der Waals surface area contributed by atoms with E-state index in [0.29, 0.717) is 6.04 Å². The Bertz CT molecular complexity index is 368. The lowest BCUT2D eigenvalue weighted by Crippen LogP contribution is -2.29. The van der Waals surface area contributed by atoms with Crippen molar-refractivity contribution in [1.82, 2.24) is 9.88 Å². The number of hydrogen-bond donors (Lipinski definition) is 0. The first kappa shape index (κ1) is 13.3. The summed E-state index contributed by atoms with van der Waals surface area (Å²) in [7, 11) is 0. The highest BCUT2D eigenvalue weighted by molar-refractivity contribution is 5.49. The molecule has 1 aromatic heterocycles. The number of nitrogens with zero attached hydrogens (tertiary/aromatic N) is 3. The molecule has 1 aliphatic rings. The smallest absolute Gasteiger partial charge is 0.133 e. The van der Waals surface area contributed by atoms with Gasteiger partial charge in [-0.1, -0.05) is 19.9 Å². The maximum Gasteiger partial charge on any atom is 0.133 e. The van der Waals surface area contributed by atoms with Crippen LogP contribution in [0.3, 0.4) is 0 Å². The van der Waals surface area contributed by atoms with Gasteiger partial charge in [0.05, 0.1) is 0 Å². The number of rotatable bonds is 5. The second-order valence-electron chi connectivity index (χ2n) is 5.01. The molecule has 18 heavy (non-hydrogen) atoms. The van der Waals surface area contributed by atoms with Crippen molar-refractivity contribution < 1.29 is 0 Å². The molecule has 1 unspecified atom stereocenters. The Morgan fingerprint density at radius 1 is 1.28 bits per heavy atom. The van der Waals surface area contributed by atoms with Gasteiger partial charge in [0.15, 0.2) is 0 Å². The Hall–Kier alpha value is -1.09. The average Bonchev–Trinajstić information content (AvgIpc) is 2.94. The molecule has 0 radical (unpaired) electrons. The molecule has 0 spiro atoms. The van der Waals surface area contributed by atoms with Crippen molar-refractivity contribution in [3.63, 3.8) is 0 Å². The van der Waals surface area contributed by atoms with E-state index in [1.807, 2.05) is 6.20 Å². The summed E-state index contributed by atoms with van der Waals surface area (Å²) in [5.74, 6) is 1.20. The normalized spacial score (nSPS) is 17.4. The van der Waals surface area contributed by atoms with E-state index >= 15 is 0 Å². The maximum atomic E-state index is 4.63. The van der Waals surface area contributed by atoms with E-state index in [4.69, 9.17) is 0 Å². The summed E-state index contributed by atoms with van der Waals surface area (Å²) in [5.41, 5.74) is 1.38. The zero-order valence-electron chi connectivity index (χ0n) is 11.9. The molecule has 1 fully saturated rings. The van der Waals surface area contributed by atoms with Crippen molar-refractivity contribution in [3.8, 4) is 0 Å². The van der Waals surface area contributed by atoms with Crippen molar-refractivity contribution in [3.05, 3.63) is 23.9 Å². The van der Waals surface area contributed by atoms with Crippen LogP contribution in [-0.4, -0.2) is 36.1 Å². The maximum absolute atomic E-state index is 4.63. The van der Waals surface area contributed by atoms with Crippen molar-refractivity contribution in [2.24, 2.45) is 0 Å². The van der Waals surface area contributed by atoms with Gasteiger partial charge in [-0.3, -0.25) is 4.90 Å². The number of anilines is 1. The molecule has 3 heteroatoms. The monoisotopic (exact) mass is 247 g/mol. The molecule has 1 saturated heterocycles. The molecule has 0 bridgehead atoms. The Morgan fingerprint density at radius 3 is 2.56 bits per heavy atom. The van der Waals surface area contributed by atoms with Gasteiger partial charge in [0.2, 0.25) is 0 Å². The van der Waals surface area contributed by atoms with E-state index in [-0.39, 0.29) is 0 Å². The van der Waals surface area contributed by atoms with E-state index in [9.17, 15) is 0 Å². The number of hydrogen-bond acceptors (Lipinski definition) is 3. The molecule has 1 atom stereocenters. The van der Waals surface area contributed by atoms with Crippen LogP contribution >= 0.6 is 0 Å². The summed E-state index contributed by atoms with van der Waals surface area (Å²) < 4.78 is 0. The molecule has 2 heterocycles. The van der Waals surface area contributed by atoms with Crippen LogP contribution in [0.5, 0.6) is 0 Å². The van der Waals surface area contributed by atoms with Gasteiger partial charge in [0.25, 0.3) is 0 Å². The highest BCUT2D eigenvalue weighted by atomic mass is 15.2. The first-order chi connectivity index (χ1) is 8.77. The van der Waals surface area contributed by atoms with Gasteiger partial charge in [-0.25, -0.2) is 4.98 Å². The van der Waals surface area contributed by atoms with E-state index in [0.717, 1.165) is 26.2 Å². The van der Waals surface area contributed by atoms with Crippen molar-refractivity contribution in [2.45, 2.75) is 39.7 Å². The topological polar surface area (TPSA) is 19.4 Å². The first-order valence-electron chi connectivity index (χ1n) is 7.21. The second-order valence-corrected chi connectivity index (χ2v) is 5.01. The van der Waals surface area contributed by atoms with E-state index in [2.05, 4.69) is 47.7 Å². The largest absolute Gasteiger partial charge is 0.356 e. The van der Waals surface area contributed by atoms with Crippen LogP contribution < -0.4 is 4.90 Å². The predicted molar refractivity (Wildman–Crippen MR) is 77.0 cm³/mol. The third-order valence-corrected chi connectivity index (χ3v) is 4.03. The summed E-state index contributed by atoms with van der Waals surface area (Å²) in [4.78, 5) is 9.55. The van der Waals surface area contributed by atoms with Gasteiger partial charge >= 0.3 is 0 Å². The molecular weight excluding hydrogens is 222 g/mol. The highest BCUT2D eigenvalue weighted by Crippen LogP contribution is 2.29. The molecule has 2 rings (SSSR count). The minimum Gasteiger partial charge on any atom is -0.356 e. The Morgan fingerprint density at radius 2 is 1.94 bits per heavy atom. The lowest BCUT2D eigenvalue weighted by molar-refractivity contribution is 0.234.